The average Bonchev–Trinajstić information content (AvgIpc) is 2.49. The Labute approximate surface area is 127 Å². The van der Waals surface area contributed by atoms with Gasteiger partial charge in [-0.05, 0) is 37.0 Å². The lowest BCUT2D eigenvalue weighted by molar-refractivity contribution is -0.152. The zero-order valence-electron chi connectivity index (χ0n) is 13.5. The maximum atomic E-state index is 12.3. The van der Waals surface area contributed by atoms with Crippen LogP contribution in [-0.4, -0.2) is 36.5 Å². The molecule has 1 heterocycles. The van der Waals surface area contributed by atoms with Crippen LogP contribution in [0.25, 0.3) is 0 Å². The van der Waals surface area contributed by atoms with Crippen molar-refractivity contribution in [3.05, 3.63) is 29.8 Å². The van der Waals surface area contributed by atoms with Crippen molar-refractivity contribution in [3.63, 3.8) is 0 Å². The van der Waals surface area contributed by atoms with Gasteiger partial charge in [-0.15, -0.1) is 0 Å². The van der Waals surface area contributed by atoms with Crippen LogP contribution in [0, 0.1) is 5.92 Å². The molecule has 1 amide bonds. The summed E-state index contributed by atoms with van der Waals surface area (Å²) < 4.78 is 5.14. The third-order valence-corrected chi connectivity index (χ3v) is 4.08. The van der Waals surface area contributed by atoms with Gasteiger partial charge in [0.25, 0.3) is 0 Å². The molecule has 1 aliphatic rings. The normalized spacial score (nSPS) is 21.6. The van der Waals surface area contributed by atoms with Gasteiger partial charge < -0.3 is 9.64 Å². The first kappa shape index (κ1) is 15.8. The molecule has 1 saturated heterocycles. The number of amides is 1. The molecule has 0 bridgehead atoms. The summed E-state index contributed by atoms with van der Waals surface area (Å²) >= 11 is 0. The van der Waals surface area contributed by atoms with Crippen LogP contribution in [-0.2, 0) is 11.3 Å². The topological polar surface area (TPSA) is 41.6 Å². The van der Waals surface area contributed by atoms with Crippen LogP contribution in [0.2, 0.25) is 0 Å². The predicted molar refractivity (Wildman–Crippen MR) is 84.3 cm³/mol. The molecule has 21 heavy (non-hydrogen) atoms. The molecule has 4 heteroatoms. The molecule has 2 rings (SSSR count). The molecule has 0 unspecified atom stereocenters. The van der Waals surface area contributed by atoms with Crippen LogP contribution in [0.3, 0.4) is 0 Å². The van der Waals surface area contributed by atoms with E-state index in [4.69, 9.17) is 4.74 Å². The number of benzene rings is 1. The highest BCUT2D eigenvalue weighted by Gasteiger charge is 2.47. The van der Waals surface area contributed by atoms with Gasteiger partial charge in [0, 0.05) is 19.6 Å². The van der Waals surface area contributed by atoms with Gasteiger partial charge in [-0.3, -0.25) is 10.1 Å². The first-order valence-electron chi connectivity index (χ1n) is 7.62. The molecule has 0 spiro atoms. The molecule has 116 valence electrons. The van der Waals surface area contributed by atoms with Gasteiger partial charge in [-0.2, -0.15) is 0 Å². The van der Waals surface area contributed by atoms with Crippen LogP contribution in [0.15, 0.2) is 24.3 Å². The van der Waals surface area contributed by atoms with Crippen molar-refractivity contribution in [1.82, 2.24) is 10.2 Å². The van der Waals surface area contributed by atoms with E-state index in [2.05, 4.69) is 19.2 Å². The van der Waals surface area contributed by atoms with Gasteiger partial charge in [0.2, 0.25) is 5.91 Å². The molecule has 4 nitrogen and oxygen atoms in total. The largest absolute Gasteiger partial charge is 0.497 e. The molecule has 1 N–H and O–H groups in total. The van der Waals surface area contributed by atoms with Gasteiger partial charge >= 0.3 is 0 Å². The lowest BCUT2D eigenvalue weighted by Crippen LogP contribution is -2.71. The second kappa shape index (κ2) is 6.48. The maximum Gasteiger partial charge on any atom is 0.244 e. The van der Waals surface area contributed by atoms with E-state index in [1.54, 1.807) is 7.11 Å². The van der Waals surface area contributed by atoms with Crippen LogP contribution >= 0.6 is 0 Å². The van der Waals surface area contributed by atoms with Gasteiger partial charge in [-0.25, -0.2) is 0 Å². The molecular formula is C17H26N2O2. The molecular weight excluding hydrogens is 264 g/mol. The number of methoxy groups -OCH3 is 1. The van der Waals surface area contributed by atoms with E-state index >= 15 is 0 Å². The van der Waals surface area contributed by atoms with E-state index in [0.717, 1.165) is 30.8 Å². The Balaban J connectivity index is 1.81. The van der Waals surface area contributed by atoms with Crippen LogP contribution < -0.4 is 10.1 Å². The van der Waals surface area contributed by atoms with Crippen LogP contribution in [0.1, 0.15) is 32.8 Å². The first-order valence-corrected chi connectivity index (χ1v) is 7.62. The number of ether oxygens (including phenoxy) is 1. The molecule has 0 saturated carbocycles. The van der Waals surface area contributed by atoms with Crippen molar-refractivity contribution in [1.29, 1.82) is 0 Å². The van der Waals surface area contributed by atoms with E-state index in [0.29, 0.717) is 12.5 Å². The maximum absolute atomic E-state index is 12.3. The highest BCUT2D eigenvalue weighted by atomic mass is 16.5. The lowest BCUT2D eigenvalue weighted by atomic mass is 9.89. The summed E-state index contributed by atoms with van der Waals surface area (Å²) in [6.45, 7) is 8.73. The van der Waals surface area contributed by atoms with E-state index < -0.39 is 5.54 Å². The fourth-order valence-corrected chi connectivity index (χ4v) is 2.55. The van der Waals surface area contributed by atoms with Crippen molar-refractivity contribution in [2.24, 2.45) is 5.92 Å². The predicted octanol–water partition coefficient (Wildman–Crippen LogP) is 2.43. The Morgan fingerprint density at radius 2 is 2.00 bits per heavy atom. The summed E-state index contributed by atoms with van der Waals surface area (Å²) in [5.41, 5.74) is 0.752. The average molecular weight is 290 g/mol. The Bertz CT molecular complexity index is 484. The fourth-order valence-electron chi connectivity index (χ4n) is 2.55. The summed E-state index contributed by atoms with van der Waals surface area (Å²) in [5, 5.41) is 3.38. The van der Waals surface area contributed by atoms with Crippen molar-refractivity contribution in [2.45, 2.75) is 39.3 Å². The van der Waals surface area contributed by atoms with Gasteiger partial charge in [0.05, 0.1) is 7.11 Å². The number of likely N-dealkylation sites (tertiary alicyclic amines) is 1. The number of nitrogens with zero attached hydrogens (tertiary/aromatic N) is 1. The Kier molecular flexibility index (Phi) is 4.88. The molecule has 0 aromatic heterocycles. The monoisotopic (exact) mass is 290 g/mol. The van der Waals surface area contributed by atoms with Gasteiger partial charge in [-0.1, -0.05) is 26.0 Å². The number of rotatable bonds is 7. The highest BCUT2D eigenvalue weighted by molar-refractivity contribution is 5.92. The minimum atomic E-state index is -0.406. The molecule has 0 aliphatic carbocycles. The number of hydrogen-bond donors (Lipinski definition) is 1. The second-order valence-electron chi connectivity index (χ2n) is 6.44. The molecule has 1 aliphatic heterocycles. The van der Waals surface area contributed by atoms with Crippen LogP contribution in [0.5, 0.6) is 5.75 Å². The molecule has 1 atom stereocenters. The summed E-state index contributed by atoms with van der Waals surface area (Å²) in [6.07, 6.45) is 1.07. The van der Waals surface area contributed by atoms with Crippen LogP contribution in [0.4, 0.5) is 0 Å². The summed E-state index contributed by atoms with van der Waals surface area (Å²) in [7, 11) is 1.66. The molecule has 1 aromatic carbocycles. The molecule has 1 fully saturated rings. The highest BCUT2D eigenvalue weighted by Crippen LogP contribution is 2.24. The van der Waals surface area contributed by atoms with E-state index in [1.165, 1.54) is 0 Å². The molecule has 1 aromatic rings. The van der Waals surface area contributed by atoms with Crippen molar-refractivity contribution < 1.29 is 9.53 Å². The second-order valence-corrected chi connectivity index (χ2v) is 6.44. The lowest BCUT2D eigenvalue weighted by Gasteiger charge is -2.47. The van der Waals surface area contributed by atoms with Crippen molar-refractivity contribution >= 4 is 5.91 Å². The summed E-state index contributed by atoms with van der Waals surface area (Å²) in [6, 6.07) is 7.93. The minimum absolute atomic E-state index is 0.219. The zero-order valence-corrected chi connectivity index (χ0v) is 13.5. The molecule has 0 radical (unpaired) electrons. The number of nitrogens with one attached hydrogen (secondary N) is 1. The summed E-state index contributed by atoms with van der Waals surface area (Å²) in [4.78, 5) is 14.2. The zero-order chi connectivity index (χ0) is 15.5. The van der Waals surface area contributed by atoms with E-state index in [1.807, 2.05) is 36.1 Å². The summed E-state index contributed by atoms with van der Waals surface area (Å²) in [5.74, 6) is 1.71. The number of carbonyl (C=O) groups excluding carboxylic acids is 1. The Morgan fingerprint density at radius 3 is 2.52 bits per heavy atom. The Morgan fingerprint density at radius 1 is 1.33 bits per heavy atom. The van der Waals surface area contributed by atoms with Gasteiger partial charge in [0.1, 0.15) is 11.3 Å². The number of carbonyl (C=O) groups is 1. The Hall–Kier alpha value is -1.55. The third kappa shape index (κ3) is 3.76. The van der Waals surface area contributed by atoms with Crippen molar-refractivity contribution in [3.8, 4) is 5.75 Å². The smallest absolute Gasteiger partial charge is 0.244 e. The SMILES string of the molecule is COc1ccc(CN[C@@]2(C)CN(CCC(C)C)C2=O)cc1. The van der Waals surface area contributed by atoms with E-state index in [9.17, 15) is 4.79 Å². The van der Waals surface area contributed by atoms with E-state index in [-0.39, 0.29) is 5.91 Å². The first-order chi connectivity index (χ1) is 9.94. The number of hydrogen-bond acceptors (Lipinski definition) is 3. The number of β-lactam (4-membered cyclic amide) rings is 1. The van der Waals surface area contributed by atoms with Gasteiger partial charge in [0.15, 0.2) is 0 Å². The third-order valence-electron chi connectivity index (χ3n) is 4.08. The van der Waals surface area contributed by atoms with Crippen molar-refractivity contribution in [2.75, 3.05) is 20.2 Å². The fraction of sp³-hybridized carbons (Fsp3) is 0.588. The quantitative estimate of drug-likeness (QED) is 0.784. The standard InChI is InChI=1S/C17H26N2O2/c1-13(2)9-10-19-12-17(3,16(19)20)18-11-14-5-7-15(21-4)8-6-14/h5-8,13,18H,9-12H2,1-4H3/t17-/m0/s1. The minimum Gasteiger partial charge on any atom is -0.497 e.